The van der Waals surface area contributed by atoms with Gasteiger partial charge >= 0.3 is 6.01 Å². The highest BCUT2D eigenvalue weighted by Gasteiger charge is 2.18. The van der Waals surface area contributed by atoms with Crippen molar-refractivity contribution < 1.29 is 9.53 Å². The Bertz CT molecular complexity index is 895. The van der Waals surface area contributed by atoms with Crippen LogP contribution < -0.4 is 10.1 Å². The molecule has 3 aromatic rings. The number of nitrogens with zero attached hydrogens (tertiary/aromatic N) is 4. The van der Waals surface area contributed by atoms with Crippen LogP contribution in [0, 0.1) is 20.8 Å². The predicted octanol–water partition coefficient (Wildman–Crippen LogP) is 2.85. The first-order chi connectivity index (χ1) is 12.0. The van der Waals surface area contributed by atoms with E-state index < -0.39 is 0 Å². The first-order valence-corrected chi connectivity index (χ1v) is 7.82. The minimum atomic E-state index is -0.250. The molecule has 1 N–H and O–H groups in total. The maximum Gasteiger partial charge on any atom is 0.316 e. The normalized spacial score (nSPS) is 10.6. The summed E-state index contributed by atoms with van der Waals surface area (Å²) in [6.07, 6.45) is 1.56. The van der Waals surface area contributed by atoms with E-state index in [4.69, 9.17) is 4.74 Å². The lowest BCUT2D eigenvalue weighted by Crippen LogP contribution is -2.16. The summed E-state index contributed by atoms with van der Waals surface area (Å²) in [4.78, 5) is 21.1. The van der Waals surface area contributed by atoms with Crippen LogP contribution in [0.5, 0.6) is 6.01 Å². The highest BCUT2D eigenvalue weighted by atomic mass is 16.5. The van der Waals surface area contributed by atoms with Gasteiger partial charge in [-0.15, -0.1) is 0 Å². The van der Waals surface area contributed by atoms with Crippen LogP contribution in [-0.4, -0.2) is 32.8 Å². The van der Waals surface area contributed by atoms with Crippen LogP contribution in [0.25, 0.3) is 5.69 Å². The number of benzene rings is 1. The van der Waals surface area contributed by atoms with E-state index in [1.54, 1.807) is 24.7 Å². The third-order valence-corrected chi connectivity index (χ3v) is 3.93. The molecular weight excluding hydrogens is 318 g/mol. The van der Waals surface area contributed by atoms with Crippen LogP contribution >= 0.6 is 0 Å². The quantitative estimate of drug-likeness (QED) is 0.791. The van der Waals surface area contributed by atoms with Crippen LogP contribution in [0.3, 0.4) is 0 Å². The van der Waals surface area contributed by atoms with Crippen molar-refractivity contribution in [3.05, 3.63) is 59.2 Å². The highest BCUT2D eigenvalue weighted by Crippen LogP contribution is 2.21. The summed E-state index contributed by atoms with van der Waals surface area (Å²) in [7, 11) is 1.51. The summed E-state index contributed by atoms with van der Waals surface area (Å²) in [6, 6.07) is 9.95. The Morgan fingerprint density at radius 2 is 1.72 bits per heavy atom. The zero-order valence-corrected chi connectivity index (χ0v) is 14.6. The van der Waals surface area contributed by atoms with E-state index in [-0.39, 0.29) is 11.9 Å². The summed E-state index contributed by atoms with van der Waals surface area (Å²) >= 11 is 0. The lowest BCUT2D eigenvalue weighted by atomic mass is 10.2. The molecule has 7 nitrogen and oxygen atoms in total. The van der Waals surface area contributed by atoms with Crippen molar-refractivity contribution in [2.75, 3.05) is 12.4 Å². The standard InChI is InChI=1S/C18H19N5O2/c1-11-16(12(2)21-18(20-11)25-4)22-17(24)15-10-19-23(13(15)3)14-8-6-5-7-9-14/h5-10H,1-4H3,(H,22,24). The van der Waals surface area contributed by atoms with E-state index in [9.17, 15) is 4.79 Å². The summed E-state index contributed by atoms with van der Waals surface area (Å²) in [5, 5.41) is 7.20. The zero-order valence-electron chi connectivity index (χ0n) is 14.6. The second-order valence-electron chi connectivity index (χ2n) is 5.60. The van der Waals surface area contributed by atoms with Gasteiger partial charge in [0, 0.05) is 0 Å². The topological polar surface area (TPSA) is 81.9 Å². The molecular formula is C18H19N5O2. The Kier molecular flexibility index (Phi) is 4.47. The van der Waals surface area contributed by atoms with Crippen molar-refractivity contribution in [3.63, 3.8) is 0 Å². The molecule has 2 heterocycles. The van der Waals surface area contributed by atoms with E-state index in [1.807, 2.05) is 37.3 Å². The van der Waals surface area contributed by atoms with Crippen LogP contribution in [-0.2, 0) is 0 Å². The number of aromatic nitrogens is 4. The Labute approximate surface area is 145 Å². The number of ether oxygens (including phenoxy) is 1. The number of carbonyl (C=O) groups excluding carboxylic acids is 1. The minimum absolute atomic E-state index is 0.250. The number of anilines is 1. The monoisotopic (exact) mass is 337 g/mol. The van der Waals surface area contributed by atoms with Gasteiger partial charge in [0.25, 0.3) is 5.91 Å². The maximum absolute atomic E-state index is 12.7. The summed E-state index contributed by atoms with van der Waals surface area (Å²) in [6.45, 7) is 5.46. The molecule has 0 saturated carbocycles. The first-order valence-electron chi connectivity index (χ1n) is 7.82. The van der Waals surface area contributed by atoms with Gasteiger partial charge in [-0.3, -0.25) is 4.79 Å². The van der Waals surface area contributed by atoms with Gasteiger partial charge in [-0.05, 0) is 32.9 Å². The van der Waals surface area contributed by atoms with Crippen LogP contribution in [0.2, 0.25) is 0 Å². The molecule has 25 heavy (non-hydrogen) atoms. The van der Waals surface area contributed by atoms with E-state index in [0.29, 0.717) is 22.6 Å². The minimum Gasteiger partial charge on any atom is -0.467 e. The van der Waals surface area contributed by atoms with Crippen molar-refractivity contribution >= 4 is 11.6 Å². The van der Waals surface area contributed by atoms with Crippen molar-refractivity contribution in [1.29, 1.82) is 0 Å². The fraction of sp³-hybridized carbons (Fsp3) is 0.222. The molecule has 0 aliphatic carbocycles. The second kappa shape index (κ2) is 6.72. The molecule has 1 aromatic carbocycles. The molecule has 0 unspecified atom stereocenters. The lowest BCUT2D eigenvalue weighted by Gasteiger charge is -2.11. The number of rotatable bonds is 4. The molecule has 0 fully saturated rings. The third kappa shape index (κ3) is 3.21. The summed E-state index contributed by atoms with van der Waals surface area (Å²) in [5.41, 5.74) is 4.03. The van der Waals surface area contributed by atoms with Gasteiger partial charge in [0.2, 0.25) is 0 Å². The smallest absolute Gasteiger partial charge is 0.316 e. The molecule has 1 amide bonds. The second-order valence-corrected chi connectivity index (χ2v) is 5.60. The van der Waals surface area contributed by atoms with E-state index in [0.717, 1.165) is 11.4 Å². The zero-order chi connectivity index (χ0) is 18.0. The molecule has 2 aromatic heterocycles. The largest absolute Gasteiger partial charge is 0.467 e. The molecule has 0 aliphatic rings. The average molecular weight is 337 g/mol. The third-order valence-electron chi connectivity index (χ3n) is 3.93. The summed E-state index contributed by atoms with van der Waals surface area (Å²) in [5.74, 6) is -0.250. The van der Waals surface area contributed by atoms with Crippen molar-refractivity contribution in [1.82, 2.24) is 19.7 Å². The van der Waals surface area contributed by atoms with Gasteiger partial charge in [0.05, 0.1) is 47.3 Å². The van der Waals surface area contributed by atoms with Gasteiger partial charge in [-0.2, -0.15) is 15.1 Å². The number of hydrogen-bond donors (Lipinski definition) is 1. The number of methoxy groups -OCH3 is 1. The lowest BCUT2D eigenvalue weighted by molar-refractivity contribution is 0.102. The molecule has 128 valence electrons. The number of amides is 1. The first kappa shape index (κ1) is 16.6. The SMILES string of the molecule is COc1nc(C)c(NC(=O)c2cnn(-c3ccccc3)c2C)c(C)n1. The molecule has 0 bridgehead atoms. The van der Waals surface area contributed by atoms with Gasteiger partial charge in [0.1, 0.15) is 0 Å². The molecule has 3 rings (SSSR count). The fourth-order valence-electron chi connectivity index (χ4n) is 2.60. The van der Waals surface area contributed by atoms with Crippen molar-refractivity contribution in [2.24, 2.45) is 0 Å². The van der Waals surface area contributed by atoms with Gasteiger partial charge in [-0.25, -0.2) is 4.68 Å². The van der Waals surface area contributed by atoms with Gasteiger partial charge < -0.3 is 10.1 Å². The maximum atomic E-state index is 12.7. The van der Waals surface area contributed by atoms with E-state index in [1.165, 1.54) is 7.11 Å². The molecule has 7 heteroatoms. The van der Waals surface area contributed by atoms with Crippen LogP contribution in [0.15, 0.2) is 36.5 Å². The van der Waals surface area contributed by atoms with Gasteiger partial charge in [-0.1, -0.05) is 18.2 Å². The Balaban J connectivity index is 1.89. The number of carbonyl (C=O) groups is 1. The number of aryl methyl sites for hydroxylation is 2. The Hall–Kier alpha value is -3.22. The molecule has 0 aliphatic heterocycles. The molecule has 0 radical (unpaired) electrons. The van der Waals surface area contributed by atoms with E-state index >= 15 is 0 Å². The highest BCUT2D eigenvalue weighted by molar-refractivity contribution is 6.05. The molecule has 0 atom stereocenters. The Morgan fingerprint density at radius 1 is 1.08 bits per heavy atom. The van der Waals surface area contributed by atoms with Crippen molar-refractivity contribution in [3.8, 4) is 11.7 Å². The number of para-hydroxylation sites is 1. The molecule has 0 spiro atoms. The Morgan fingerprint density at radius 3 is 2.32 bits per heavy atom. The molecule has 0 saturated heterocycles. The fourth-order valence-corrected chi connectivity index (χ4v) is 2.60. The van der Waals surface area contributed by atoms with Crippen LogP contribution in [0.4, 0.5) is 5.69 Å². The van der Waals surface area contributed by atoms with E-state index in [2.05, 4.69) is 20.4 Å². The predicted molar refractivity (Wildman–Crippen MR) is 94.3 cm³/mol. The van der Waals surface area contributed by atoms with Crippen molar-refractivity contribution in [2.45, 2.75) is 20.8 Å². The summed E-state index contributed by atoms with van der Waals surface area (Å²) < 4.78 is 6.78. The number of nitrogens with one attached hydrogen (secondary N) is 1. The van der Waals surface area contributed by atoms with Gasteiger partial charge in [0.15, 0.2) is 0 Å². The average Bonchev–Trinajstić information content (AvgIpc) is 3.00. The van der Waals surface area contributed by atoms with Crippen LogP contribution in [0.1, 0.15) is 27.4 Å². The number of hydrogen-bond acceptors (Lipinski definition) is 5.